The third kappa shape index (κ3) is 4.38. The van der Waals surface area contributed by atoms with Crippen LogP contribution in [0.1, 0.15) is 45.2 Å². The number of carbonyl (C=O) groups excluding carboxylic acids is 2. The summed E-state index contributed by atoms with van der Waals surface area (Å²) in [6.07, 6.45) is 1.22. The maximum Gasteiger partial charge on any atom is 0.229 e. The highest BCUT2D eigenvalue weighted by Crippen LogP contribution is 2.27. The number of benzene rings is 2. The number of rotatable bonds is 4. The Morgan fingerprint density at radius 3 is 2.26 bits per heavy atom. The van der Waals surface area contributed by atoms with Crippen LogP contribution in [0.5, 0.6) is 0 Å². The molecule has 2 amide bonds. The van der Waals surface area contributed by atoms with Crippen molar-refractivity contribution in [2.24, 2.45) is 5.92 Å². The number of nitrogens with zero attached hydrogens (tertiary/aromatic N) is 1. The molecule has 2 aromatic rings. The highest BCUT2D eigenvalue weighted by Gasteiger charge is 2.35. The van der Waals surface area contributed by atoms with Crippen molar-refractivity contribution >= 4 is 23.2 Å². The fraction of sp³-hybridized carbons (Fsp3) is 0.391. The normalized spacial score (nSPS) is 17.3. The van der Waals surface area contributed by atoms with Gasteiger partial charge in [0, 0.05) is 24.3 Å². The van der Waals surface area contributed by atoms with Gasteiger partial charge in [-0.05, 0) is 47.2 Å². The number of nitrogens with one attached hydrogen (secondary N) is 1. The van der Waals surface area contributed by atoms with Gasteiger partial charge in [-0.2, -0.15) is 0 Å². The van der Waals surface area contributed by atoms with Crippen molar-refractivity contribution in [1.29, 1.82) is 0 Å². The highest BCUT2D eigenvalue weighted by atomic mass is 16.2. The smallest absolute Gasteiger partial charge is 0.229 e. The number of aryl methyl sites for hydroxylation is 1. The fourth-order valence-electron chi connectivity index (χ4n) is 3.34. The molecule has 1 fully saturated rings. The first-order valence-corrected chi connectivity index (χ1v) is 9.58. The molecule has 3 rings (SSSR count). The number of amides is 2. The average molecular weight is 364 g/mol. The topological polar surface area (TPSA) is 49.4 Å². The van der Waals surface area contributed by atoms with E-state index in [0.29, 0.717) is 6.54 Å². The summed E-state index contributed by atoms with van der Waals surface area (Å²) in [4.78, 5) is 26.7. The predicted molar refractivity (Wildman–Crippen MR) is 110 cm³/mol. The summed E-state index contributed by atoms with van der Waals surface area (Å²) < 4.78 is 0. The zero-order valence-electron chi connectivity index (χ0n) is 16.6. The zero-order valence-corrected chi connectivity index (χ0v) is 16.6. The van der Waals surface area contributed by atoms with Gasteiger partial charge in [-0.15, -0.1) is 0 Å². The number of hydrogen-bond acceptors (Lipinski definition) is 2. The van der Waals surface area contributed by atoms with Crippen LogP contribution < -0.4 is 10.2 Å². The van der Waals surface area contributed by atoms with Gasteiger partial charge in [0.25, 0.3) is 0 Å². The van der Waals surface area contributed by atoms with Gasteiger partial charge in [0.1, 0.15) is 0 Å². The Hall–Kier alpha value is -2.62. The molecule has 1 aliphatic heterocycles. The third-order valence-electron chi connectivity index (χ3n) is 5.17. The molecule has 142 valence electrons. The number of anilines is 2. The summed E-state index contributed by atoms with van der Waals surface area (Å²) in [6.45, 7) is 9.01. The van der Waals surface area contributed by atoms with Crippen molar-refractivity contribution in [3.05, 3.63) is 59.7 Å². The van der Waals surface area contributed by atoms with Crippen LogP contribution >= 0.6 is 0 Å². The van der Waals surface area contributed by atoms with E-state index < -0.39 is 0 Å². The Labute approximate surface area is 161 Å². The molecule has 1 aliphatic rings. The van der Waals surface area contributed by atoms with Crippen LogP contribution in [0.3, 0.4) is 0 Å². The molecular formula is C23H28N2O2. The first-order valence-electron chi connectivity index (χ1n) is 9.58. The van der Waals surface area contributed by atoms with Crippen LogP contribution in [0.15, 0.2) is 48.5 Å². The Morgan fingerprint density at radius 2 is 1.70 bits per heavy atom. The minimum Gasteiger partial charge on any atom is -0.326 e. The van der Waals surface area contributed by atoms with Gasteiger partial charge in [0.2, 0.25) is 11.8 Å². The monoisotopic (exact) mass is 364 g/mol. The van der Waals surface area contributed by atoms with Crippen LogP contribution in [0.4, 0.5) is 11.4 Å². The molecule has 0 radical (unpaired) electrons. The Morgan fingerprint density at radius 1 is 1.07 bits per heavy atom. The molecule has 4 nitrogen and oxygen atoms in total. The minimum atomic E-state index is -0.328. The van der Waals surface area contributed by atoms with Crippen molar-refractivity contribution in [2.75, 3.05) is 16.8 Å². The van der Waals surface area contributed by atoms with E-state index in [1.54, 1.807) is 4.90 Å². The van der Waals surface area contributed by atoms with Crippen LogP contribution in [0.2, 0.25) is 0 Å². The molecule has 1 heterocycles. The first kappa shape index (κ1) is 19.2. The van der Waals surface area contributed by atoms with Crippen molar-refractivity contribution in [3.8, 4) is 0 Å². The molecule has 1 saturated heterocycles. The molecular weight excluding hydrogens is 336 g/mol. The summed E-state index contributed by atoms with van der Waals surface area (Å²) in [7, 11) is 0. The van der Waals surface area contributed by atoms with E-state index in [-0.39, 0.29) is 29.6 Å². The fourth-order valence-corrected chi connectivity index (χ4v) is 3.34. The van der Waals surface area contributed by atoms with E-state index in [9.17, 15) is 9.59 Å². The van der Waals surface area contributed by atoms with Gasteiger partial charge < -0.3 is 10.2 Å². The average Bonchev–Trinajstić information content (AvgIpc) is 3.03. The molecule has 0 bridgehead atoms. The lowest BCUT2D eigenvalue weighted by Crippen LogP contribution is -2.28. The minimum absolute atomic E-state index is 0.00230. The van der Waals surface area contributed by atoms with Gasteiger partial charge in [0.15, 0.2) is 0 Å². The lowest BCUT2D eigenvalue weighted by atomic mass is 9.87. The number of hydrogen-bond donors (Lipinski definition) is 1. The molecule has 2 aromatic carbocycles. The molecule has 0 aliphatic carbocycles. The van der Waals surface area contributed by atoms with Crippen molar-refractivity contribution in [1.82, 2.24) is 0 Å². The molecule has 4 heteroatoms. The van der Waals surface area contributed by atoms with E-state index >= 15 is 0 Å². The summed E-state index contributed by atoms with van der Waals surface area (Å²) >= 11 is 0. The summed E-state index contributed by atoms with van der Waals surface area (Å²) in [5.74, 6) is -0.423. The van der Waals surface area contributed by atoms with Crippen molar-refractivity contribution < 1.29 is 9.59 Å². The SMILES string of the molecule is CCc1ccc(N2C[C@H](C(=O)Nc3ccc(C(C)(C)C)cc3)CC2=O)cc1. The summed E-state index contributed by atoms with van der Waals surface area (Å²) in [6, 6.07) is 15.9. The number of carbonyl (C=O) groups is 2. The van der Waals surface area contributed by atoms with E-state index in [0.717, 1.165) is 17.8 Å². The largest absolute Gasteiger partial charge is 0.326 e. The van der Waals surface area contributed by atoms with Crippen LogP contribution in [-0.4, -0.2) is 18.4 Å². The maximum absolute atomic E-state index is 12.6. The zero-order chi connectivity index (χ0) is 19.6. The quantitative estimate of drug-likeness (QED) is 0.866. The van der Waals surface area contributed by atoms with Gasteiger partial charge in [-0.1, -0.05) is 52.0 Å². The first-order chi connectivity index (χ1) is 12.8. The second kappa shape index (κ2) is 7.55. The molecule has 0 unspecified atom stereocenters. The second-order valence-corrected chi connectivity index (χ2v) is 8.24. The van der Waals surface area contributed by atoms with Crippen molar-refractivity contribution in [3.63, 3.8) is 0 Å². The summed E-state index contributed by atoms with van der Waals surface area (Å²) in [5.41, 5.74) is 4.17. The molecule has 1 atom stereocenters. The Balaban J connectivity index is 1.65. The predicted octanol–water partition coefficient (Wildman–Crippen LogP) is 4.54. The molecule has 0 aromatic heterocycles. The Bertz CT molecular complexity index is 817. The molecule has 27 heavy (non-hydrogen) atoms. The van der Waals surface area contributed by atoms with Gasteiger partial charge in [-0.25, -0.2) is 0 Å². The van der Waals surface area contributed by atoms with Crippen LogP contribution in [0.25, 0.3) is 0 Å². The van der Waals surface area contributed by atoms with E-state index in [1.165, 1.54) is 11.1 Å². The molecule has 0 saturated carbocycles. The summed E-state index contributed by atoms with van der Waals surface area (Å²) in [5, 5.41) is 2.96. The van der Waals surface area contributed by atoms with Gasteiger partial charge >= 0.3 is 0 Å². The maximum atomic E-state index is 12.6. The molecule has 1 N–H and O–H groups in total. The van der Waals surface area contributed by atoms with Crippen LogP contribution in [0, 0.1) is 5.92 Å². The van der Waals surface area contributed by atoms with Gasteiger partial charge in [0.05, 0.1) is 5.92 Å². The van der Waals surface area contributed by atoms with Crippen LogP contribution in [-0.2, 0) is 21.4 Å². The van der Waals surface area contributed by atoms with Crippen molar-refractivity contribution in [2.45, 2.75) is 46.0 Å². The van der Waals surface area contributed by atoms with E-state index in [2.05, 4.69) is 33.0 Å². The molecule has 0 spiro atoms. The highest BCUT2D eigenvalue weighted by molar-refractivity contribution is 6.03. The third-order valence-corrected chi connectivity index (χ3v) is 5.17. The van der Waals surface area contributed by atoms with E-state index in [4.69, 9.17) is 0 Å². The lowest BCUT2D eigenvalue weighted by Gasteiger charge is -2.19. The Kier molecular flexibility index (Phi) is 5.36. The second-order valence-electron chi connectivity index (χ2n) is 8.24. The standard InChI is InChI=1S/C23H28N2O2/c1-5-16-6-12-20(13-7-16)25-15-17(14-21(25)26)22(27)24-19-10-8-18(9-11-19)23(2,3)4/h6-13,17H,5,14-15H2,1-4H3,(H,24,27)/t17-/m1/s1. The van der Waals surface area contributed by atoms with Gasteiger partial charge in [-0.3, -0.25) is 9.59 Å². The van der Waals surface area contributed by atoms with E-state index in [1.807, 2.05) is 48.5 Å². The lowest BCUT2D eigenvalue weighted by molar-refractivity contribution is -0.122.